The van der Waals surface area contributed by atoms with Gasteiger partial charge in [-0.1, -0.05) is 35.6 Å². The van der Waals surface area contributed by atoms with E-state index in [0.29, 0.717) is 16.3 Å². The summed E-state index contributed by atoms with van der Waals surface area (Å²) < 4.78 is 0. The van der Waals surface area contributed by atoms with Crippen molar-refractivity contribution < 1.29 is 9.90 Å². The minimum absolute atomic E-state index is 0.186. The highest BCUT2D eigenvalue weighted by Crippen LogP contribution is 2.21. The third-order valence-corrected chi connectivity index (χ3v) is 3.24. The zero-order chi connectivity index (χ0) is 15.2. The second-order valence-corrected chi connectivity index (χ2v) is 4.83. The van der Waals surface area contributed by atoms with E-state index in [1.165, 1.54) is 0 Å². The molecular formula is C17H14ClNO2. The normalized spacial score (nSPS) is 9.67. The number of aliphatic hydroxyl groups excluding tert-OH is 1. The molecule has 2 rings (SSSR count). The third-order valence-electron chi connectivity index (χ3n) is 2.91. The molecule has 0 radical (unpaired) electrons. The van der Waals surface area contributed by atoms with Gasteiger partial charge in [0.15, 0.2) is 0 Å². The first-order valence-electron chi connectivity index (χ1n) is 6.38. The molecule has 0 fully saturated rings. The van der Waals surface area contributed by atoms with E-state index in [-0.39, 0.29) is 12.5 Å². The molecule has 2 aromatic carbocycles. The number of carbonyl (C=O) groups excluding carboxylic acids is 1. The summed E-state index contributed by atoms with van der Waals surface area (Å²) in [6.45, 7) is 1.68. The molecule has 106 valence electrons. The summed E-state index contributed by atoms with van der Waals surface area (Å²) in [6.07, 6.45) is 0. The number of carbonyl (C=O) groups is 1. The molecule has 0 heterocycles. The van der Waals surface area contributed by atoms with Gasteiger partial charge in [-0.15, -0.1) is 0 Å². The number of rotatable bonds is 2. The lowest BCUT2D eigenvalue weighted by atomic mass is 10.0. The van der Waals surface area contributed by atoms with Gasteiger partial charge in [-0.3, -0.25) is 4.79 Å². The van der Waals surface area contributed by atoms with Gasteiger partial charge < -0.3 is 10.4 Å². The van der Waals surface area contributed by atoms with Crippen LogP contribution in [-0.2, 0) is 0 Å². The summed E-state index contributed by atoms with van der Waals surface area (Å²) in [5.74, 6) is 5.19. The summed E-state index contributed by atoms with van der Waals surface area (Å²) in [5.41, 5.74) is 2.77. The number of para-hydroxylation sites is 1. The van der Waals surface area contributed by atoms with E-state index < -0.39 is 0 Å². The molecule has 0 aliphatic carbocycles. The Balaban J connectivity index is 2.21. The maximum absolute atomic E-state index is 12.2. The van der Waals surface area contributed by atoms with Gasteiger partial charge in [0.2, 0.25) is 0 Å². The molecule has 0 aromatic heterocycles. The van der Waals surface area contributed by atoms with Crippen LogP contribution in [0.15, 0.2) is 42.5 Å². The summed E-state index contributed by atoms with van der Waals surface area (Å²) in [5, 5.41) is 12.0. The second kappa shape index (κ2) is 6.94. The van der Waals surface area contributed by atoms with Crippen LogP contribution in [-0.4, -0.2) is 17.6 Å². The molecule has 0 aliphatic heterocycles. The highest BCUT2D eigenvalue weighted by Gasteiger charge is 2.09. The molecule has 0 spiro atoms. The Labute approximate surface area is 128 Å². The largest absolute Gasteiger partial charge is 0.384 e. The van der Waals surface area contributed by atoms with Crippen molar-refractivity contribution in [1.29, 1.82) is 0 Å². The predicted octanol–water partition coefficient (Wildman–Crippen LogP) is 3.24. The number of aliphatic hydroxyl groups is 1. The van der Waals surface area contributed by atoms with Crippen molar-refractivity contribution in [2.24, 2.45) is 0 Å². The zero-order valence-corrected chi connectivity index (χ0v) is 12.2. The van der Waals surface area contributed by atoms with Crippen molar-refractivity contribution >= 4 is 23.2 Å². The van der Waals surface area contributed by atoms with E-state index in [1.54, 1.807) is 42.5 Å². The molecule has 0 atom stereocenters. The fraction of sp³-hybridized carbons (Fsp3) is 0.118. The van der Waals surface area contributed by atoms with Crippen LogP contribution in [0.3, 0.4) is 0 Å². The van der Waals surface area contributed by atoms with Crippen molar-refractivity contribution in [1.82, 2.24) is 0 Å². The van der Waals surface area contributed by atoms with Gasteiger partial charge in [-0.25, -0.2) is 0 Å². The number of hydrogen-bond acceptors (Lipinski definition) is 2. The standard InChI is InChI=1S/C17H14ClNO2/c1-12-11-14(9-8-13(12)5-4-10-20)17(21)19-16-7-3-2-6-15(16)18/h2-3,6-9,11,20H,10H2,1H3,(H,19,21). The maximum atomic E-state index is 12.2. The van der Waals surface area contributed by atoms with Gasteiger partial charge in [0.1, 0.15) is 6.61 Å². The Morgan fingerprint density at radius 2 is 2.05 bits per heavy atom. The van der Waals surface area contributed by atoms with E-state index in [9.17, 15) is 4.79 Å². The average molecular weight is 300 g/mol. The summed E-state index contributed by atoms with van der Waals surface area (Å²) >= 11 is 6.01. The molecule has 0 saturated heterocycles. The Morgan fingerprint density at radius 3 is 2.71 bits per heavy atom. The van der Waals surface area contributed by atoms with Gasteiger partial charge in [0, 0.05) is 11.1 Å². The lowest BCUT2D eigenvalue weighted by Crippen LogP contribution is -2.12. The number of benzene rings is 2. The highest BCUT2D eigenvalue weighted by atomic mass is 35.5. The van der Waals surface area contributed by atoms with E-state index in [4.69, 9.17) is 16.7 Å². The molecule has 0 unspecified atom stereocenters. The third kappa shape index (κ3) is 3.85. The molecule has 1 amide bonds. The monoisotopic (exact) mass is 299 g/mol. The van der Waals surface area contributed by atoms with Crippen molar-refractivity contribution in [3.05, 3.63) is 64.2 Å². The van der Waals surface area contributed by atoms with E-state index in [0.717, 1.165) is 11.1 Å². The Hall–Kier alpha value is -2.28. The first-order valence-corrected chi connectivity index (χ1v) is 6.76. The smallest absolute Gasteiger partial charge is 0.255 e. The van der Waals surface area contributed by atoms with Crippen LogP contribution in [0.5, 0.6) is 0 Å². The van der Waals surface area contributed by atoms with E-state index >= 15 is 0 Å². The Morgan fingerprint density at radius 1 is 1.29 bits per heavy atom. The van der Waals surface area contributed by atoms with Crippen LogP contribution in [0.1, 0.15) is 21.5 Å². The Bertz CT molecular complexity index is 729. The average Bonchev–Trinajstić information content (AvgIpc) is 2.48. The number of hydrogen-bond donors (Lipinski definition) is 2. The lowest BCUT2D eigenvalue weighted by molar-refractivity contribution is 0.102. The second-order valence-electron chi connectivity index (χ2n) is 4.42. The minimum Gasteiger partial charge on any atom is -0.384 e. The predicted molar refractivity (Wildman–Crippen MR) is 84.5 cm³/mol. The van der Waals surface area contributed by atoms with Gasteiger partial charge in [0.25, 0.3) is 5.91 Å². The first-order chi connectivity index (χ1) is 10.1. The molecule has 2 N–H and O–H groups in total. The Kier molecular flexibility index (Phi) is 4.99. The highest BCUT2D eigenvalue weighted by molar-refractivity contribution is 6.33. The van der Waals surface area contributed by atoms with Crippen molar-refractivity contribution in [3.8, 4) is 11.8 Å². The van der Waals surface area contributed by atoms with Gasteiger partial charge >= 0.3 is 0 Å². The molecule has 3 nitrogen and oxygen atoms in total. The van der Waals surface area contributed by atoms with Crippen LogP contribution in [0, 0.1) is 18.8 Å². The van der Waals surface area contributed by atoms with Crippen molar-refractivity contribution in [2.75, 3.05) is 11.9 Å². The molecular weight excluding hydrogens is 286 g/mol. The molecule has 0 aliphatic rings. The van der Waals surface area contributed by atoms with Crippen molar-refractivity contribution in [2.45, 2.75) is 6.92 Å². The lowest BCUT2D eigenvalue weighted by Gasteiger charge is -2.08. The fourth-order valence-corrected chi connectivity index (χ4v) is 2.02. The van der Waals surface area contributed by atoms with Crippen molar-refractivity contribution in [3.63, 3.8) is 0 Å². The molecule has 4 heteroatoms. The summed E-state index contributed by atoms with van der Waals surface area (Å²) in [7, 11) is 0. The number of halogens is 1. The first kappa shape index (κ1) is 15.1. The number of nitrogens with one attached hydrogen (secondary N) is 1. The number of aryl methyl sites for hydroxylation is 1. The van der Waals surface area contributed by atoms with Crippen LogP contribution < -0.4 is 5.32 Å². The van der Waals surface area contributed by atoms with E-state index in [2.05, 4.69) is 17.2 Å². The number of anilines is 1. The molecule has 0 saturated carbocycles. The van der Waals surface area contributed by atoms with E-state index in [1.807, 2.05) is 6.92 Å². The molecule has 21 heavy (non-hydrogen) atoms. The van der Waals surface area contributed by atoms with Gasteiger partial charge in [-0.2, -0.15) is 0 Å². The zero-order valence-electron chi connectivity index (χ0n) is 11.5. The van der Waals surface area contributed by atoms with Crippen LogP contribution in [0.2, 0.25) is 5.02 Å². The van der Waals surface area contributed by atoms with Gasteiger partial charge in [0.05, 0.1) is 10.7 Å². The summed E-state index contributed by atoms with van der Waals surface area (Å²) in [4.78, 5) is 12.2. The summed E-state index contributed by atoms with van der Waals surface area (Å²) in [6, 6.07) is 12.3. The topological polar surface area (TPSA) is 49.3 Å². The quantitative estimate of drug-likeness (QED) is 0.836. The minimum atomic E-state index is -0.229. The fourth-order valence-electron chi connectivity index (χ4n) is 1.84. The molecule has 0 bridgehead atoms. The van der Waals surface area contributed by atoms with Crippen LogP contribution in [0.4, 0.5) is 5.69 Å². The SMILES string of the molecule is Cc1cc(C(=O)Nc2ccccc2Cl)ccc1C#CCO. The van der Waals surface area contributed by atoms with Crippen LogP contribution >= 0.6 is 11.6 Å². The number of amides is 1. The van der Waals surface area contributed by atoms with Crippen LogP contribution in [0.25, 0.3) is 0 Å². The molecule has 2 aromatic rings. The maximum Gasteiger partial charge on any atom is 0.255 e. The van der Waals surface area contributed by atoms with Gasteiger partial charge in [-0.05, 0) is 42.8 Å².